The fourth-order valence-corrected chi connectivity index (χ4v) is 2.19. The Morgan fingerprint density at radius 3 is 2.74 bits per heavy atom. The molecule has 1 aromatic heterocycles. The number of amides is 1. The van der Waals surface area contributed by atoms with E-state index in [1.165, 1.54) is 0 Å². The number of hydrogen-bond acceptors (Lipinski definition) is 4. The zero-order chi connectivity index (χ0) is 13.8. The van der Waals surface area contributed by atoms with Gasteiger partial charge in [-0.2, -0.15) is 5.10 Å². The lowest BCUT2D eigenvalue weighted by molar-refractivity contribution is -0.124. The van der Waals surface area contributed by atoms with Crippen LogP contribution in [-0.2, 0) is 4.79 Å². The predicted molar refractivity (Wildman–Crippen MR) is 73.1 cm³/mol. The number of anilines is 1. The zero-order valence-corrected chi connectivity index (χ0v) is 11.3. The summed E-state index contributed by atoms with van der Waals surface area (Å²) in [4.78, 5) is 25.0. The van der Waals surface area contributed by atoms with Gasteiger partial charge in [0, 0.05) is 31.1 Å². The minimum atomic E-state index is -0.187. The summed E-state index contributed by atoms with van der Waals surface area (Å²) in [6, 6.07) is 1.79. The van der Waals surface area contributed by atoms with Gasteiger partial charge in [0.25, 0.3) is 5.56 Å². The third-order valence-electron chi connectivity index (χ3n) is 3.38. The van der Waals surface area contributed by atoms with E-state index in [1.54, 1.807) is 12.3 Å². The third kappa shape index (κ3) is 3.56. The summed E-state index contributed by atoms with van der Waals surface area (Å²) in [6.45, 7) is 5.45. The van der Waals surface area contributed by atoms with Gasteiger partial charge in [0.2, 0.25) is 5.91 Å². The number of rotatable bonds is 3. The molecule has 0 bridgehead atoms. The Labute approximate surface area is 112 Å². The van der Waals surface area contributed by atoms with Gasteiger partial charge in [-0.25, -0.2) is 5.10 Å². The predicted octanol–water partition coefficient (Wildman–Crippen LogP) is 0.511. The molecule has 1 aromatic rings. The lowest BCUT2D eigenvalue weighted by Crippen LogP contribution is -2.46. The summed E-state index contributed by atoms with van der Waals surface area (Å²) in [6.07, 6.45) is 3.45. The van der Waals surface area contributed by atoms with Gasteiger partial charge in [-0.1, -0.05) is 13.8 Å². The van der Waals surface area contributed by atoms with Gasteiger partial charge in [0.15, 0.2) is 0 Å². The second-order valence-corrected chi connectivity index (χ2v) is 5.23. The van der Waals surface area contributed by atoms with Crippen LogP contribution >= 0.6 is 0 Å². The van der Waals surface area contributed by atoms with Crippen molar-refractivity contribution in [3.8, 4) is 0 Å². The van der Waals surface area contributed by atoms with Crippen molar-refractivity contribution in [2.75, 3.05) is 18.0 Å². The highest BCUT2D eigenvalue weighted by Crippen LogP contribution is 2.17. The fourth-order valence-electron chi connectivity index (χ4n) is 2.19. The van der Waals surface area contributed by atoms with Gasteiger partial charge in [0.05, 0.1) is 11.9 Å². The van der Waals surface area contributed by atoms with Crippen molar-refractivity contribution in [1.82, 2.24) is 15.5 Å². The topological polar surface area (TPSA) is 78.1 Å². The average Bonchev–Trinajstić information content (AvgIpc) is 2.39. The van der Waals surface area contributed by atoms with Gasteiger partial charge in [-0.05, 0) is 12.8 Å². The number of carbonyl (C=O) groups excluding carboxylic acids is 1. The standard InChI is InChI=1S/C13H20N4O2/c1-9(2)13(19)15-10-3-5-17(6-4-10)11-7-12(18)16-14-8-11/h7-10H,3-6H2,1-2H3,(H,15,19)(H,16,18). The van der Waals surface area contributed by atoms with Gasteiger partial charge in [-0.3, -0.25) is 9.59 Å². The maximum Gasteiger partial charge on any atom is 0.266 e. The Bertz CT molecular complexity index is 489. The lowest BCUT2D eigenvalue weighted by Gasteiger charge is -2.33. The summed E-state index contributed by atoms with van der Waals surface area (Å²) in [5, 5.41) is 9.22. The number of nitrogens with one attached hydrogen (secondary N) is 2. The molecule has 19 heavy (non-hydrogen) atoms. The van der Waals surface area contributed by atoms with Crippen LogP contribution in [0.4, 0.5) is 5.69 Å². The molecule has 1 aliphatic heterocycles. The van der Waals surface area contributed by atoms with Gasteiger partial charge < -0.3 is 10.2 Å². The fraction of sp³-hybridized carbons (Fsp3) is 0.615. The molecule has 0 radical (unpaired) electrons. The van der Waals surface area contributed by atoms with Crippen LogP contribution in [0.1, 0.15) is 26.7 Å². The number of aromatic nitrogens is 2. The van der Waals surface area contributed by atoms with Crippen molar-refractivity contribution in [2.24, 2.45) is 5.92 Å². The van der Waals surface area contributed by atoms with E-state index in [1.807, 2.05) is 13.8 Å². The van der Waals surface area contributed by atoms with Crippen LogP contribution in [0.25, 0.3) is 0 Å². The molecule has 6 heteroatoms. The summed E-state index contributed by atoms with van der Waals surface area (Å²) in [5.41, 5.74) is 0.658. The largest absolute Gasteiger partial charge is 0.370 e. The van der Waals surface area contributed by atoms with Crippen LogP contribution in [0.3, 0.4) is 0 Å². The van der Waals surface area contributed by atoms with Crippen molar-refractivity contribution in [3.05, 3.63) is 22.6 Å². The van der Waals surface area contributed by atoms with Gasteiger partial charge >= 0.3 is 0 Å². The highest BCUT2D eigenvalue weighted by atomic mass is 16.2. The molecule has 1 fully saturated rings. The minimum absolute atomic E-state index is 0.0231. The van der Waals surface area contributed by atoms with Crippen molar-refractivity contribution in [1.29, 1.82) is 0 Å². The molecule has 2 rings (SSSR count). The number of piperidine rings is 1. The highest BCUT2D eigenvalue weighted by molar-refractivity contribution is 5.78. The molecule has 6 nitrogen and oxygen atoms in total. The molecular weight excluding hydrogens is 244 g/mol. The Morgan fingerprint density at radius 2 is 2.16 bits per heavy atom. The zero-order valence-electron chi connectivity index (χ0n) is 11.3. The van der Waals surface area contributed by atoms with Crippen molar-refractivity contribution in [2.45, 2.75) is 32.7 Å². The molecule has 1 saturated heterocycles. The first-order valence-corrected chi connectivity index (χ1v) is 6.66. The van der Waals surface area contributed by atoms with E-state index in [0.29, 0.717) is 0 Å². The second-order valence-electron chi connectivity index (χ2n) is 5.23. The maximum absolute atomic E-state index is 11.6. The van der Waals surface area contributed by atoms with E-state index in [2.05, 4.69) is 20.4 Å². The average molecular weight is 264 g/mol. The molecule has 104 valence electrons. The Balaban J connectivity index is 1.89. The molecule has 0 saturated carbocycles. The Kier molecular flexibility index (Phi) is 4.19. The lowest BCUT2D eigenvalue weighted by atomic mass is 10.0. The number of nitrogens with zero attached hydrogens (tertiary/aromatic N) is 2. The molecule has 2 N–H and O–H groups in total. The Hall–Kier alpha value is -1.85. The monoisotopic (exact) mass is 264 g/mol. The summed E-state index contributed by atoms with van der Waals surface area (Å²) in [7, 11) is 0. The van der Waals surface area contributed by atoms with E-state index < -0.39 is 0 Å². The van der Waals surface area contributed by atoms with Crippen LogP contribution in [0.2, 0.25) is 0 Å². The van der Waals surface area contributed by atoms with E-state index in [-0.39, 0.29) is 23.4 Å². The second kappa shape index (κ2) is 5.86. The summed E-state index contributed by atoms with van der Waals surface area (Å²) in [5.74, 6) is 0.131. The Morgan fingerprint density at radius 1 is 1.47 bits per heavy atom. The van der Waals surface area contributed by atoms with Crippen LogP contribution in [0.15, 0.2) is 17.1 Å². The van der Waals surface area contributed by atoms with Gasteiger partial charge in [0.1, 0.15) is 0 Å². The minimum Gasteiger partial charge on any atom is -0.370 e. The first-order valence-electron chi connectivity index (χ1n) is 6.66. The molecular formula is C13H20N4O2. The van der Waals surface area contributed by atoms with Crippen molar-refractivity contribution < 1.29 is 4.79 Å². The van der Waals surface area contributed by atoms with E-state index >= 15 is 0 Å². The molecule has 0 spiro atoms. The maximum atomic E-state index is 11.6. The van der Waals surface area contributed by atoms with Crippen molar-refractivity contribution in [3.63, 3.8) is 0 Å². The van der Waals surface area contributed by atoms with Crippen LogP contribution in [0.5, 0.6) is 0 Å². The SMILES string of the molecule is CC(C)C(=O)NC1CCN(c2cn[nH]c(=O)c2)CC1. The summed E-state index contributed by atoms with van der Waals surface area (Å²) < 4.78 is 0. The molecule has 1 amide bonds. The van der Waals surface area contributed by atoms with E-state index in [9.17, 15) is 9.59 Å². The van der Waals surface area contributed by atoms with E-state index in [0.717, 1.165) is 31.6 Å². The van der Waals surface area contributed by atoms with Crippen molar-refractivity contribution >= 4 is 11.6 Å². The quantitative estimate of drug-likeness (QED) is 0.834. The van der Waals surface area contributed by atoms with Crippen LogP contribution in [0, 0.1) is 5.92 Å². The van der Waals surface area contributed by atoms with Crippen LogP contribution in [-0.4, -0.2) is 35.2 Å². The number of carbonyl (C=O) groups is 1. The number of hydrogen-bond donors (Lipinski definition) is 2. The molecule has 0 atom stereocenters. The van der Waals surface area contributed by atoms with E-state index in [4.69, 9.17) is 0 Å². The first-order chi connectivity index (χ1) is 9.06. The molecule has 1 aliphatic rings. The first kappa shape index (κ1) is 13.6. The number of H-pyrrole nitrogens is 1. The third-order valence-corrected chi connectivity index (χ3v) is 3.38. The van der Waals surface area contributed by atoms with Crippen LogP contribution < -0.4 is 15.8 Å². The molecule has 0 aliphatic carbocycles. The molecule has 0 unspecified atom stereocenters. The number of aromatic amines is 1. The summed E-state index contributed by atoms with van der Waals surface area (Å²) >= 11 is 0. The highest BCUT2D eigenvalue weighted by Gasteiger charge is 2.21. The van der Waals surface area contributed by atoms with Gasteiger partial charge in [-0.15, -0.1) is 0 Å². The normalized spacial score (nSPS) is 16.7. The molecule has 2 heterocycles. The molecule has 0 aromatic carbocycles. The smallest absolute Gasteiger partial charge is 0.266 e.